The van der Waals surface area contributed by atoms with Crippen molar-refractivity contribution in [3.05, 3.63) is 186 Å². The molecular weight excluding hydrogens is 595 g/mol. The quantitative estimate of drug-likeness (QED) is 0.193. The molecule has 1 heterocycles. The van der Waals surface area contributed by atoms with Gasteiger partial charge in [0, 0.05) is 27.6 Å². The second-order valence-electron chi connectivity index (χ2n) is 14.3. The van der Waals surface area contributed by atoms with Crippen LogP contribution in [0, 0.1) is 0 Å². The lowest BCUT2D eigenvalue weighted by atomic mass is 9.74. The van der Waals surface area contributed by atoms with Gasteiger partial charge in [-0.05, 0) is 99.5 Å². The van der Waals surface area contributed by atoms with Gasteiger partial charge in [-0.15, -0.1) is 0 Å². The Labute approximate surface area is 286 Å². The lowest BCUT2D eigenvalue weighted by molar-refractivity contribution is 0.660. The normalized spacial score (nSPS) is 14.8. The summed E-state index contributed by atoms with van der Waals surface area (Å²) in [4.78, 5) is 2.40. The van der Waals surface area contributed by atoms with Crippen LogP contribution in [0.5, 0.6) is 0 Å². The summed E-state index contributed by atoms with van der Waals surface area (Å²) in [6, 6.07) is 57.5. The van der Waals surface area contributed by atoms with Crippen LogP contribution >= 0.6 is 0 Å². The molecule has 0 spiro atoms. The van der Waals surface area contributed by atoms with Gasteiger partial charge in [0.1, 0.15) is 11.2 Å². The Morgan fingerprint density at radius 3 is 1.78 bits per heavy atom. The molecule has 49 heavy (non-hydrogen) atoms. The van der Waals surface area contributed by atoms with Gasteiger partial charge in [0.05, 0.1) is 11.1 Å². The summed E-state index contributed by atoms with van der Waals surface area (Å²) in [7, 11) is 0. The molecule has 2 heteroatoms. The second kappa shape index (κ2) is 10.1. The standard InChI is InChI=1S/C47H35NO/c1-46(2)38-19-10-7-16-33(38)36-27-25-32(29-41(36)46)48(31-14-5-4-6-15-31)42-22-13-23-43-45(42)37-26-24-30(28-44(37)49-43)47(3)39-20-11-8-17-34(39)35-18-9-12-21-40(35)47/h4-29H,1-3H3. The summed E-state index contributed by atoms with van der Waals surface area (Å²) in [6.45, 7) is 7.05. The SMILES string of the molecule is CC1(C)c2ccccc2-c2ccc(N(c3ccccc3)c3cccc4oc5cc(C6(C)c7ccccc7-c7ccccc76)ccc5c34)cc21. The fraction of sp³-hybridized carbons (Fsp3) is 0.106. The van der Waals surface area contributed by atoms with Crippen LogP contribution in [0.2, 0.25) is 0 Å². The van der Waals surface area contributed by atoms with Gasteiger partial charge in [-0.25, -0.2) is 0 Å². The Kier molecular flexibility index (Phi) is 5.79. The molecule has 0 bridgehead atoms. The topological polar surface area (TPSA) is 16.4 Å². The molecular formula is C47H35NO. The molecule has 0 radical (unpaired) electrons. The molecule has 2 aliphatic carbocycles. The first-order valence-electron chi connectivity index (χ1n) is 17.2. The van der Waals surface area contributed by atoms with Crippen molar-refractivity contribution < 1.29 is 4.42 Å². The van der Waals surface area contributed by atoms with Gasteiger partial charge < -0.3 is 9.32 Å². The van der Waals surface area contributed by atoms with Crippen molar-refractivity contribution in [2.45, 2.75) is 31.6 Å². The number of hydrogen-bond acceptors (Lipinski definition) is 2. The van der Waals surface area contributed by atoms with Crippen LogP contribution in [0.1, 0.15) is 48.6 Å². The molecule has 0 atom stereocenters. The van der Waals surface area contributed by atoms with Crippen LogP contribution in [-0.2, 0) is 10.8 Å². The smallest absolute Gasteiger partial charge is 0.137 e. The largest absolute Gasteiger partial charge is 0.456 e. The molecule has 0 N–H and O–H groups in total. The molecule has 0 unspecified atom stereocenters. The number of nitrogens with zero attached hydrogens (tertiary/aromatic N) is 1. The second-order valence-corrected chi connectivity index (χ2v) is 14.3. The third-order valence-electron chi connectivity index (χ3n) is 11.4. The maximum absolute atomic E-state index is 6.76. The van der Waals surface area contributed by atoms with E-state index in [1.54, 1.807) is 0 Å². The first-order valence-corrected chi connectivity index (χ1v) is 17.2. The van der Waals surface area contributed by atoms with Gasteiger partial charge >= 0.3 is 0 Å². The highest BCUT2D eigenvalue weighted by atomic mass is 16.3. The first kappa shape index (κ1) is 28.2. The van der Waals surface area contributed by atoms with E-state index in [9.17, 15) is 0 Å². The van der Waals surface area contributed by atoms with E-state index in [2.05, 4.69) is 183 Å². The van der Waals surface area contributed by atoms with Gasteiger partial charge in [-0.2, -0.15) is 0 Å². The van der Waals surface area contributed by atoms with Crippen molar-refractivity contribution in [1.82, 2.24) is 0 Å². The van der Waals surface area contributed by atoms with E-state index >= 15 is 0 Å². The van der Waals surface area contributed by atoms with E-state index in [4.69, 9.17) is 4.42 Å². The fourth-order valence-electron chi connectivity index (χ4n) is 8.90. The van der Waals surface area contributed by atoms with Crippen molar-refractivity contribution in [3.8, 4) is 22.3 Å². The highest BCUT2D eigenvalue weighted by Gasteiger charge is 2.41. The Morgan fingerprint density at radius 2 is 1.06 bits per heavy atom. The molecule has 2 aliphatic rings. The van der Waals surface area contributed by atoms with Crippen LogP contribution in [0.15, 0.2) is 162 Å². The Morgan fingerprint density at radius 1 is 0.449 bits per heavy atom. The van der Waals surface area contributed by atoms with Crippen LogP contribution in [0.3, 0.4) is 0 Å². The van der Waals surface area contributed by atoms with Gasteiger partial charge in [0.25, 0.3) is 0 Å². The summed E-state index contributed by atoms with van der Waals surface area (Å²) in [6.07, 6.45) is 0. The van der Waals surface area contributed by atoms with E-state index in [0.717, 1.165) is 39.0 Å². The van der Waals surface area contributed by atoms with Gasteiger partial charge in [-0.3, -0.25) is 0 Å². The van der Waals surface area contributed by atoms with E-state index in [0.29, 0.717) is 0 Å². The molecule has 8 aromatic rings. The van der Waals surface area contributed by atoms with Crippen LogP contribution in [0.25, 0.3) is 44.2 Å². The van der Waals surface area contributed by atoms with Crippen molar-refractivity contribution in [3.63, 3.8) is 0 Å². The van der Waals surface area contributed by atoms with E-state index in [1.165, 1.54) is 50.1 Å². The molecule has 0 amide bonds. The van der Waals surface area contributed by atoms with Crippen molar-refractivity contribution >= 4 is 39.0 Å². The lowest BCUT2D eigenvalue weighted by Crippen LogP contribution is -2.22. The Hall–Kier alpha value is -5.86. The summed E-state index contributed by atoms with van der Waals surface area (Å²) >= 11 is 0. The average Bonchev–Trinajstić information content (AvgIpc) is 3.73. The zero-order valence-electron chi connectivity index (χ0n) is 27.9. The number of fused-ring (bicyclic) bond motifs is 9. The minimum atomic E-state index is -0.284. The summed E-state index contributed by atoms with van der Waals surface area (Å²) in [5, 5.41) is 2.24. The Balaban J connectivity index is 1.17. The van der Waals surface area contributed by atoms with Crippen molar-refractivity contribution in [2.75, 3.05) is 4.90 Å². The number of furan rings is 1. The molecule has 2 nitrogen and oxygen atoms in total. The van der Waals surface area contributed by atoms with E-state index in [1.807, 2.05) is 0 Å². The highest BCUT2D eigenvalue weighted by Crippen LogP contribution is 2.54. The minimum absolute atomic E-state index is 0.0946. The van der Waals surface area contributed by atoms with Crippen molar-refractivity contribution in [2.24, 2.45) is 0 Å². The zero-order valence-corrected chi connectivity index (χ0v) is 27.9. The van der Waals surface area contributed by atoms with Crippen LogP contribution in [0.4, 0.5) is 17.1 Å². The van der Waals surface area contributed by atoms with Gasteiger partial charge in [-0.1, -0.05) is 129 Å². The lowest BCUT2D eigenvalue weighted by Gasteiger charge is -2.29. The van der Waals surface area contributed by atoms with Crippen molar-refractivity contribution in [1.29, 1.82) is 0 Å². The third-order valence-corrected chi connectivity index (χ3v) is 11.4. The van der Waals surface area contributed by atoms with E-state index < -0.39 is 0 Å². The van der Waals surface area contributed by atoms with Crippen LogP contribution in [-0.4, -0.2) is 0 Å². The predicted octanol–water partition coefficient (Wildman–Crippen LogP) is 12.7. The molecule has 10 rings (SSSR count). The minimum Gasteiger partial charge on any atom is -0.456 e. The summed E-state index contributed by atoms with van der Waals surface area (Å²) in [5.41, 5.74) is 16.7. The van der Waals surface area contributed by atoms with E-state index in [-0.39, 0.29) is 10.8 Å². The Bertz CT molecular complexity index is 2560. The number of rotatable bonds is 4. The molecule has 234 valence electrons. The summed E-state index contributed by atoms with van der Waals surface area (Å²) in [5.74, 6) is 0. The summed E-state index contributed by atoms with van der Waals surface area (Å²) < 4.78 is 6.76. The molecule has 0 saturated carbocycles. The molecule has 7 aromatic carbocycles. The highest BCUT2D eigenvalue weighted by molar-refractivity contribution is 6.13. The number of para-hydroxylation sites is 1. The van der Waals surface area contributed by atoms with Gasteiger partial charge in [0.2, 0.25) is 0 Å². The molecule has 0 saturated heterocycles. The first-order chi connectivity index (χ1) is 23.9. The monoisotopic (exact) mass is 629 g/mol. The number of anilines is 3. The molecule has 0 aliphatic heterocycles. The maximum Gasteiger partial charge on any atom is 0.137 e. The average molecular weight is 630 g/mol. The zero-order chi connectivity index (χ0) is 32.9. The molecule has 0 fully saturated rings. The van der Waals surface area contributed by atoms with Crippen LogP contribution < -0.4 is 4.90 Å². The fourth-order valence-corrected chi connectivity index (χ4v) is 8.90. The number of hydrogen-bond donors (Lipinski definition) is 0. The predicted molar refractivity (Wildman–Crippen MR) is 203 cm³/mol. The maximum atomic E-state index is 6.76. The van der Waals surface area contributed by atoms with Gasteiger partial charge in [0.15, 0.2) is 0 Å². The number of benzene rings is 7. The third kappa shape index (κ3) is 3.83. The molecule has 1 aromatic heterocycles.